The highest BCUT2D eigenvalue weighted by Gasteiger charge is 2.48. The molecule has 0 spiro atoms. The van der Waals surface area contributed by atoms with Crippen LogP contribution in [0, 0.1) is 0 Å². The number of hydrogen-bond acceptors (Lipinski definition) is 8. The minimum absolute atomic E-state index is 0.0533. The summed E-state index contributed by atoms with van der Waals surface area (Å²) in [6, 6.07) is 29.8. The summed E-state index contributed by atoms with van der Waals surface area (Å²) < 4.78 is 11.2. The minimum atomic E-state index is -2.12. The first-order valence-electron chi connectivity index (χ1n) is 17.6. The van der Waals surface area contributed by atoms with E-state index < -0.39 is 66.0 Å². The van der Waals surface area contributed by atoms with E-state index in [1.54, 1.807) is 69.3 Å². The number of ether oxygens (including phenoxy) is 2. The van der Waals surface area contributed by atoms with Crippen molar-refractivity contribution in [3.63, 3.8) is 0 Å². The zero-order chi connectivity index (χ0) is 38.7. The van der Waals surface area contributed by atoms with Crippen LogP contribution in [0.15, 0.2) is 109 Å². The Morgan fingerprint density at radius 2 is 1.35 bits per heavy atom. The molecule has 0 aliphatic carbocycles. The largest absolute Gasteiger partial charge is 0.489 e. The lowest BCUT2D eigenvalue weighted by Crippen LogP contribution is -2.55. The number of aliphatic hydroxyl groups is 1. The van der Waals surface area contributed by atoms with Gasteiger partial charge in [0.25, 0.3) is 5.91 Å². The molecule has 13 heteroatoms. The van der Waals surface area contributed by atoms with Crippen LogP contribution in [0.2, 0.25) is 0 Å². The summed E-state index contributed by atoms with van der Waals surface area (Å²) in [7, 11) is 0. The Morgan fingerprint density at radius 1 is 0.741 bits per heavy atom. The molecule has 54 heavy (non-hydrogen) atoms. The van der Waals surface area contributed by atoms with Crippen LogP contribution in [0.4, 0.5) is 10.5 Å². The zero-order valence-corrected chi connectivity index (χ0v) is 30.4. The topological polar surface area (TPSA) is 184 Å². The monoisotopic (exact) mass is 735 g/mol. The van der Waals surface area contributed by atoms with Gasteiger partial charge in [0, 0.05) is 30.6 Å². The van der Waals surface area contributed by atoms with Gasteiger partial charge in [-0.2, -0.15) is 0 Å². The maximum atomic E-state index is 13.5. The van der Waals surface area contributed by atoms with Crippen LogP contribution in [-0.2, 0) is 49.1 Å². The van der Waals surface area contributed by atoms with Crippen molar-refractivity contribution in [3.8, 4) is 5.75 Å². The normalized spacial score (nSPS) is 15.8. The van der Waals surface area contributed by atoms with Crippen molar-refractivity contribution >= 4 is 35.4 Å². The number of fused-ring (bicyclic) bond motifs is 1. The Balaban J connectivity index is 1.25. The number of para-hydroxylation sites is 1. The minimum Gasteiger partial charge on any atom is -0.489 e. The quantitative estimate of drug-likeness (QED) is 0.106. The Bertz CT molecular complexity index is 1930. The Kier molecular flexibility index (Phi) is 12.7. The molecule has 1 heterocycles. The van der Waals surface area contributed by atoms with E-state index in [2.05, 4.69) is 26.6 Å². The van der Waals surface area contributed by atoms with Crippen LogP contribution in [0.25, 0.3) is 0 Å². The summed E-state index contributed by atoms with van der Waals surface area (Å²) in [5.74, 6) is -2.22. The van der Waals surface area contributed by atoms with Crippen LogP contribution >= 0.6 is 0 Å². The highest BCUT2D eigenvalue weighted by atomic mass is 16.6. The Morgan fingerprint density at radius 3 is 2.02 bits per heavy atom. The number of anilines is 1. The van der Waals surface area contributed by atoms with Crippen molar-refractivity contribution < 1.29 is 38.6 Å². The third-order valence-electron chi connectivity index (χ3n) is 8.50. The first kappa shape index (κ1) is 39.0. The number of rotatable bonds is 15. The molecule has 0 saturated carbocycles. The number of nitrogens with one attached hydrogen (secondary N) is 5. The number of alkyl carbamates (subject to hydrolysis) is 1. The predicted octanol–water partition coefficient (Wildman–Crippen LogP) is 3.85. The average molecular weight is 736 g/mol. The van der Waals surface area contributed by atoms with Gasteiger partial charge in [-0.05, 0) is 55.7 Å². The SMILES string of the molecule is CC(C)(C)OC(=O)N[C@@H](Cc1ccc(OCc2ccccc2)cc1)C(=O)NCC(=O)N[C@@H](C[C@]1(O)C(=O)Nc2ccccc21)C(=O)NCc1ccccc1. The summed E-state index contributed by atoms with van der Waals surface area (Å²) in [6.07, 6.45) is -1.25. The fourth-order valence-corrected chi connectivity index (χ4v) is 5.81. The van der Waals surface area contributed by atoms with Crippen LogP contribution < -0.4 is 31.3 Å². The molecule has 4 aromatic rings. The molecule has 3 atom stereocenters. The highest BCUT2D eigenvalue weighted by molar-refractivity contribution is 6.05. The van der Waals surface area contributed by atoms with Crippen molar-refractivity contribution in [3.05, 3.63) is 131 Å². The fraction of sp³-hybridized carbons (Fsp3) is 0.293. The van der Waals surface area contributed by atoms with Gasteiger partial charge in [-0.15, -0.1) is 0 Å². The van der Waals surface area contributed by atoms with Gasteiger partial charge in [0.05, 0.1) is 6.54 Å². The number of hydrogen-bond donors (Lipinski definition) is 6. The maximum absolute atomic E-state index is 13.5. The van der Waals surface area contributed by atoms with Gasteiger partial charge in [0.15, 0.2) is 5.60 Å². The molecule has 5 rings (SSSR count). The first-order valence-corrected chi connectivity index (χ1v) is 17.6. The standard InChI is InChI=1S/C41H45N5O8/c1-40(2,3)54-39(51)46-33(22-27-18-20-30(21-19-27)53-26-29-14-8-5-9-15-29)36(48)43-25-35(47)44-34(37(49)42-24-28-12-6-4-7-13-28)23-41(52)31-16-10-11-17-32(31)45-38(41)50/h4-21,33-34,52H,22-26H2,1-3H3,(H,42,49)(H,43,48)(H,44,47)(H,45,50)(H,46,51)/t33-,34-,41+/m0/s1. The van der Waals surface area contributed by atoms with E-state index in [0.717, 1.165) is 11.1 Å². The highest BCUT2D eigenvalue weighted by Crippen LogP contribution is 2.39. The molecule has 6 N–H and O–H groups in total. The van der Waals surface area contributed by atoms with Crippen molar-refractivity contribution in [2.45, 2.75) is 70.1 Å². The second-order valence-electron chi connectivity index (χ2n) is 13.9. The molecule has 13 nitrogen and oxygen atoms in total. The summed E-state index contributed by atoms with van der Waals surface area (Å²) in [5.41, 5.74) is 0.208. The predicted molar refractivity (Wildman–Crippen MR) is 201 cm³/mol. The molecule has 5 amide bonds. The van der Waals surface area contributed by atoms with Crippen LogP contribution in [0.1, 0.15) is 49.4 Å². The molecule has 0 bridgehead atoms. The summed E-state index contributed by atoms with van der Waals surface area (Å²) in [5, 5.41) is 24.6. The summed E-state index contributed by atoms with van der Waals surface area (Å²) in [4.78, 5) is 66.1. The molecule has 282 valence electrons. The average Bonchev–Trinajstić information content (AvgIpc) is 3.40. The molecular formula is C41H45N5O8. The maximum Gasteiger partial charge on any atom is 0.408 e. The van der Waals surface area contributed by atoms with Gasteiger partial charge in [-0.1, -0.05) is 91.0 Å². The van der Waals surface area contributed by atoms with Crippen LogP contribution in [-0.4, -0.2) is 59.1 Å². The third kappa shape index (κ3) is 10.9. The molecule has 0 aromatic heterocycles. The van der Waals surface area contributed by atoms with Crippen molar-refractivity contribution in [2.24, 2.45) is 0 Å². The van der Waals surface area contributed by atoms with Crippen molar-refractivity contribution in [1.29, 1.82) is 0 Å². The number of carbonyl (C=O) groups is 5. The van der Waals surface area contributed by atoms with E-state index >= 15 is 0 Å². The van der Waals surface area contributed by atoms with E-state index in [4.69, 9.17) is 9.47 Å². The molecule has 1 aliphatic rings. The van der Waals surface area contributed by atoms with E-state index in [-0.39, 0.29) is 18.5 Å². The fourth-order valence-electron chi connectivity index (χ4n) is 5.81. The zero-order valence-electron chi connectivity index (χ0n) is 30.4. The van der Waals surface area contributed by atoms with E-state index in [0.29, 0.717) is 23.6 Å². The lowest BCUT2D eigenvalue weighted by atomic mass is 9.88. The van der Waals surface area contributed by atoms with E-state index in [1.807, 2.05) is 60.7 Å². The van der Waals surface area contributed by atoms with Gasteiger partial charge < -0.3 is 41.2 Å². The molecular weight excluding hydrogens is 690 g/mol. The lowest BCUT2D eigenvalue weighted by Gasteiger charge is -2.27. The Hall–Kier alpha value is -6.21. The summed E-state index contributed by atoms with van der Waals surface area (Å²) in [6.45, 7) is 5.00. The van der Waals surface area contributed by atoms with Gasteiger partial charge in [0.1, 0.15) is 30.0 Å². The molecule has 0 unspecified atom stereocenters. The third-order valence-corrected chi connectivity index (χ3v) is 8.50. The van der Waals surface area contributed by atoms with Gasteiger partial charge >= 0.3 is 6.09 Å². The molecule has 0 saturated heterocycles. The van der Waals surface area contributed by atoms with Crippen LogP contribution in [0.3, 0.4) is 0 Å². The second kappa shape index (κ2) is 17.5. The number of benzene rings is 4. The molecule has 4 aromatic carbocycles. The lowest BCUT2D eigenvalue weighted by molar-refractivity contribution is -0.138. The van der Waals surface area contributed by atoms with Gasteiger partial charge in [0.2, 0.25) is 17.7 Å². The van der Waals surface area contributed by atoms with E-state index in [1.165, 1.54) is 0 Å². The number of amides is 5. The second-order valence-corrected chi connectivity index (χ2v) is 13.9. The Labute approximate surface area is 313 Å². The van der Waals surface area contributed by atoms with Gasteiger partial charge in [-0.3, -0.25) is 19.2 Å². The molecule has 1 aliphatic heterocycles. The van der Waals surface area contributed by atoms with Crippen molar-refractivity contribution in [1.82, 2.24) is 21.3 Å². The van der Waals surface area contributed by atoms with Crippen LogP contribution in [0.5, 0.6) is 5.75 Å². The van der Waals surface area contributed by atoms with Gasteiger partial charge in [-0.25, -0.2) is 4.79 Å². The molecule has 0 fully saturated rings. The first-order chi connectivity index (χ1) is 25.8. The number of carbonyl (C=O) groups excluding carboxylic acids is 5. The smallest absolute Gasteiger partial charge is 0.408 e. The summed E-state index contributed by atoms with van der Waals surface area (Å²) >= 11 is 0. The van der Waals surface area contributed by atoms with Crippen molar-refractivity contribution in [2.75, 3.05) is 11.9 Å². The van der Waals surface area contributed by atoms with E-state index in [9.17, 15) is 29.1 Å². The molecule has 0 radical (unpaired) electrons.